The number of nitrogens with one attached hydrogen (secondary N) is 1. The first-order chi connectivity index (χ1) is 14.7. The number of benzene rings is 3. The molecule has 1 amide bonds. The van der Waals surface area contributed by atoms with Crippen LogP contribution in [0.4, 0.5) is 0 Å². The second-order valence-corrected chi connectivity index (χ2v) is 7.37. The molecule has 4 heteroatoms. The molecule has 0 aliphatic carbocycles. The molecule has 0 heterocycles. The van der Waals surface area contributed by atoms with E-state index in [-0.39, 0.29) is 17.6 Å². The quantitative estimate of drug-likeness (QED) is 0.475. The van der Waals surface area contributed by atoms with Crippen LogP contribution in [0.2, 0.25) is 0 Å². The number of rotatable bonds is 10. The fourth-order valence-electron chi connectivity index (χ4n) is 3.42. The van der Waals surface area contributed by atoms with E-state index in [0.717, 1.165) is 29.7 Å². The number of phenols is 1. The highest BCUT2D eigenvalue weighted by atomic mass is 16.5. The third-order valence-electron chi connectivity index (χ3n) is 5.03. The van der Waals surface area contributed by atoms with Gasteiger partial charge in [-0.1, -0.05) is 67.9 Å². The number of aromatic hydroxyl groups is 1. The molecular formula is C26H29NO3. The predicted molar refractivity (Wildman–Crippen MR) is 120 cm³/mol. The minimum absolute atomic E-state index is 0.0313. The zero-order chi connectivity index (χ0) is 21.2. The van der Waals surface area contributed by atoms with Crippen LogP contribution in [0, 0.1) is 0 Å². The van der Waals surface area contributed by atoms with Crippen molar-refractivity contribution in [2.75, 3.05) is 13.2 Å². The molecule has 1 unspecified atom stereocenters. The molecule has 4 nitrogen and oxygen atoms in total. The van der Waals surface area contributed by atoms with E-state index >= 15 is 0 Å². The lowest BCUT2D eigenvalue weighted by Crippen LogP contribution is -2.33. The maximum atomic E-state index is 12.9. The van der Waals surface area contributed by atoms with Crippen molar-refractivity contribution in [3.63, 3.8) is 0 Å². The van der Waals surface area contributed by atoms with E-state index in [1.807, 2.05) is 54.6 Å². The average molecular weight is 404 g/mol. The van der Waals surface area contributed by atoms with Gasteiger partial charge in [-0.05, 0) is 53.8 Å². The third kappa shape index (κ3) is 6.38. The molecule has 156 valence electrons. The summed E-state index contributed by atoms with van der Waals surface area (Å²) in [4.78, 5) is 12.9. The molecule has 3 aromatic rings. The minimum Gasteiger partial charge on any atom is -0.508 e. The van der Waals surface area contributed by atoms with Crippen LogP contribution in [-0.4, -0.2) is 24.2 Å². The van der Waals surface area contributed by atoms with Gasteiger partial charge in [-0.15, -0.1) is 0 Å². The summed E-state index contributed by atoms with van der Waals surface area (Å²) in [5, 5.41) is 12.5. The van der Waals surface area contributed by atoms with Gasteiger partial charge in [-0.2, -0.15) is 0 Å². The number of aryl methyl sites for hydroxylation is 1. The van der Waals surface area contributed by atoms with Gasteiger partial charge in [0.2, 0.25) is 5.91 Å². The molecule has 0 bridgehead atoms. The summed E-state index contributed by atoms with van der Waals surface area (Å²) in [6, 6.07) is 24.9. The average Bonchev–Trinajstić information content (AvgIpc) is 2.78. The topological polar surface area (TPSA) is 58.6 Å². The zero-order valence-electron chi connectivity index (χ0n) is 17.4. The van der Waals surface area contributed by atoms with Gasteiger partial charge in [0.25, 0.3) is 0 Å². The summed E-state index contributed by atoms with van der Waals surface area (Å²) in [6.45, 7) is 3.02. The standard InChI is InChI=1S/C26H29NO3/c1-2-6-20-11-15-24(16-12-20)30-18-17-27-26(29)25(22-7-4-3-5-8-22)19-21-9-13-23(28)14-10-21/h3-5,7-16,25,28H,2,6,17-19H2,1H3,(H,27,29). The summed E-state index contributed by atoms with van der Waals surface area (Å²) in [5.41, 5.74) is 3.27. The Morgan fingerprint density at radius 1 is 0.933 bits per heavy atom. The van der Waals surface area contributed by atoms with Gasteiger partial charge >= 0.3 is 0 Å². The first kappa shape index (κ1) is 21.4. The second-order valence-electron chi connectivity index (χ2n) is 7.37. The molecule has 0 radical (unpaired) electrons. The van der Waals surface area contributed by atoms with Crippen molar-refractivity contribution in [1.29, 1.82) is 0 Å². The molecule has 0 aliphatic heterocycles. The van der Waals surface area contributed by atoms with Crippen LogP contribution in [0.3, 0.4) is 0 Å². The molecule has 0 aliphatic rings. The lowest BCUT2D eigenvalue weighted by Gasteiger charge is -2.18. The monoisotopic (exact) mass is 403 g/mol. The molecule has 0 saturated heterocycles. The Morgan fingerprint density at radius 2 is 1.60 bits per heavy atom. The van der Waals surface area contributed by atoms with Gasteiger partial charge in [0.15, 0.2) is 0 Å². The molecular weight excluding hydrogens is 374 g/mol. The van der Waals surface area contributed by atoms with Gasteiger partial charge in [0, 0.05) is 0 Å². The fourth-order valence-corrected chi connectivity index (χ4v) is 3.42. The molecule has 0 saturated carbocycles. The Kier molecular flexibility index (Phi) is 7.90. The highest BCUT2D eigenvalue weighted by molar-refractivity contribution is 5.84. The van der Waals surface area contributed by atoms with E-state index in [1.54, 1.807) is 12.1 Å². The number of ether oxygens (including phenoxy) is 1. The summed E-state index contributed by atoms with van der Waals surface area (Å²) in [6.07, 6.45) is 2.76. The van der Waals surface area contributed by atoms with E-state index in [4.69, 9.17) is 4.74 Å². The lowest BCUT2D eigenvalue weighted by atomic mass is 9.91. The molecule has 0 fully saturated rings. The fraction of sp³-hybridized carbons (Fsp3) is 0.269. The zero-order valence-corrected chi connectivity index (χ0v) is 17.4. The molecule has 0 aromatic heterocycles. The van der Waals surface area contributed by atoms with Gasteiger partial charge < -0.3 is 15.2 Å². The molecule has 1 atom stereocenters. The summed E-state index contributed by atoms with van der Waals surface area (Å²) in [5.74, 6) is 0.701. The van der Waals surface area contributed by atoms with Gasteiger partial charge in [0.05, 0.1) is 12.5 Å². The number of carbonyl (C=O) groups is 1. The van der Waals surface area contributed by atoms with E-state index in [0.29, 0.717) is 19.6 Å². The van der Waals surface area contributed by atoms with Crippen LogP contribution in [0.5, 0.6) is 11.5 Å². The van der Waals surface area contributed by atoms with Crippen LogP contribution in [0.15, 0.2) is 78.9 Å². The highest BCUT2D eigenvalue weighted by Crippen LogP contribution is 2.22. The van der Waals surface area contributed by atoms with Crippen molar-refractivity contribution in [2.24, 2.45) is 0 Å². The van der Waals surface area contributed by atoms with Crippen molar-refractivity contribution in [1.82, 2.24) is 5.32 Å². The summed E-state index contributed by atoms with van der Waals surface area (Å²) >= 11 is 0. The number of amides is 1. The Bertz CT molecular complexity index is 905. The number of hydrogen-bond acceptors (Lipinski definition) is 3. The SMILES string of the molecule is CCCc1ccc(OCCNC(=O)C(Cc2ccc(O)cc2)c2ccccc2)cc1. The summed E-state index contributed by atoms with van der Waals surface area (Å²) in [7, 11) is 0. The summed E-state index contributed by atoms with van der Waals surface area (Å²) < 4.78 is 5.76. The lowest BCUT2D eigenvalue weighted by molar-refractivity contribution is -0.122. The van der Waals surface area contributed by atoms with E-state index in [2.05, 4.69) is 24.4 Å². The van der Waals surface area contributed by atoms with Gasteiger partial charge in [0.1, 0.15) is 18.1 Å². The highest BCUT2D eigenvalue weighted by Gasteiger charge is 2.20. The Balaban J connectivity index is 1.55. The van der Waals surface area contributed by atoms with E-state index < -0.39 is 0 Å². The number of phenolic OH excluding ortho intramolecular Hbond substituents is 1. The Labute approximate surface area is 178 Å². The van der Waals surface area contributed by atoms with Crippen LogP contribution < -0.4 is 10.1 Å². The number of hydrogen-bond donors (Lipinski definition) is 2. The van der Waals surface area contributed by atoms with E-state index in [1.165, 1.54) is 5.56 Å². The largest absolute Gasteiger partial charge is 0.508 e. The van der Waals surface area contributed by atoms with Crippen LogP contribution in [0.1, 0.15) is 36.0 Å². The molecule has 2 N–H and O–H groups in total. The van der Waals surface area contributed by atoms with Crippen LogP contribution >= 0.6 is 0 Å². The molecule has 0 spiro atoms. The number of carbonyl (C=O) groups excluding carboxylic acids is 1. The van der Waals surface area contributed by atoms with Crippen molar-refractivity contribution in [3.05, 3.63) is 95.6 Å². The van der Waals surface area contributed by atoms with E-state index in [9.17, 15) is 9.90 Å². The van der Waals surface area contributed by atoms with Crippen LogP contribution in [-0.2, 0) is 17.6 Å². The second kappa shape index (κ2) is 11.1. The Hall–Kier alpha value is -3.27. The molecule has 3 rings (SSSR count). The first-order valence-corrected chi connectivity index (χ1v) is 10.5. The minimum atomic E-state index is -0.302. The van der Waals surface area contributed by atoms with Crippen molar-refractivity contribution < 1.29 is 14.6 Å². The van der Waals surface area contributed by atoms with Crippen molar-refractivity contribution in [2.45, 2.75) is 32.1 Å². The van der Waals surface area contributed by atoms with Crippen molar-refractivity contribution >= 4 is 5.91 Å². The maximum absolute atomic E-state index is 12.9. The predicted octanol–water partition coefficient (Wildman–Crippen LogP) is 4.87. The van der Waals surface area contributed by atoms with Crippen molar-refractivity contribution in [3.8, 4) is 11.5 Å². The van der Waals surface area contributed by atoms with Gasteiger partial charge in [-0.25, -0.2) is 0 Å². The maximum Gasteiger partial charge on any atom is 0.227 e. The third-order valence-corrected chi connectivity index (χ3v) is 5.03. The normalized spacial score (nSPS) is 11.6. The smallest absolute Gasteiger partial charge is 0.227 e. The molecule has 30 heavy (non-hydrogen) atoms. The molecule has 3 aromatic carbocycles. The first-order valence-electron chi connectivity index (χ1n) is 10.5. The Morgan fingerprint density at radius 3 is 2.27 bits per heavy atom. The van der Waals surface area contributed by atoms with Crippen LogP contribution in [0.25, 0.3) is 0 Å². The van der Waals surface area contributed by atoms with Gasteiger partial charge in [-0.3, -0.25) is 4.79 Å².